The lowest BCUT2D eigenvalue weighted by Crippen LogP contribution is -2.28. The third kappa shape index (κ3) is 2.57. The summed E-state index contributed by atoms with van der Waals surface area (Å²) in [5.74, 6) is 0. The largest absolute Gasteiger partial charge is 0.416 e. The normalized spacial score (nSPS) is 12.3. The van der Waals surface area contributed by atoms with Gasteiger partial charge in [0.15, 0.2) is 0 Å². The maximum atomic E-state index is 12.4. The van der Waals surface area contributed by atoms with Gasteiger partial charge in [-0.25, -0.2) is 0 Å². The molecule has 2 aromatic rings. The van der Waals surface area contributed by atoms with Gasteiger partial charge in [0.2, 0.25) is 0 Å². The quantitative estimate of drug-likeness (QED) is 0.843. The van der Waals surface area contributed by atoms with Crippen LogP contribution < -0.4 is 5.56 Å². The maximum Gasteiger partial charge on any atom is 0.416 e. The minimum Gasteiger partial charge on any atom is -0.267 e. The predicted octanol–water partition coefficient (Wildman–Crippen LogP) is 1.50. The number of hydrogen-bond acceptors (Lipinski definition) is 4. The summed E-state index contributed by atoms with van der Waals surface area (Å²) in [6.45, 7) is 0. The average molecular weight is 304 g/mol. The summed E-state index contributed by atoms with van der Waals surface area (Å²) in [4.78, 5) is 11.0. The molecule has 5 nitrogen and oxygen atoms in total. The highest BCUT2D eigenvalue weighted by Gasteiger charge is 2.31. The molecule has 1 aromatic heterocycles. The number of rotatable bonds is 2. The Morgan fingerprint density at radius 1 is 1.05 bits per heavy atom. The molecule has 0 aliphatic carbocycles. The van der Waals surface area contributed by atoms with E-state index in [1.54, 1.807) is 0 Å². The van der Waals surface area contributed by atoms with Gasteiger partial charge in [-0.05, 0) is 30.3 Å². The molecular formula is C11H7F3N2O3S. The molecular weight excluding hydrogens is 297 g/mol. The summed E-state index contributed by atoms with van der Waals surface area (Å²) in [7, 11) is -4.31. The average Bonchev–Trinajstić information content (AvgIpc) is 2.38. The minimum absolute atomic E-state index is 0.218. The molecule has 0 saturated heterocycles. The Morgan fingerprint density at radius 3 is 2.15 bits per heavy atom. The van der Waals surface area contributed by atoms with Crippen molar-refractivity contribution in [2.24, 2.45) is 0 Å². The van der Waals surface area contributed by atoms with Crippen molar-refractivity contribution in [3.8, 4) is 0 Å². The van der Waals surface area contributed by atoms with Crippen LogP contribution in [-0.2, 0) is 16.2 Å². The van der Waals surface area contributed by atoms with E-state index in [0.717, 1.165) is 24.4 Å². The van der Waals surface area contributed by atoms with Gasteiger partial charge in [0.05, 0.1) is 10.5 Å². The van der Waals surface area contributed by atoms with E-state index in [9.17, 15) is 26.4 Å². The van der Waals surface area contributed by atoms with Gasteiger partial charge in [0.1, 0.15) is 0 Å². The van der Waals surface area contributed by atoms with Gasteiger partial charge in [0.25, 0.3) is 15.6 Å². The maximum absolute atomic E-state index is 12.4. The van der Waals surface area contributed by atoms with E-state index in [1.807, 2.05) is 0 Å². The standard InChI is InChI=1S/C11H7F3N2O3S/c12-11(13,14)8-3-5-9(6-4-8)20(18,19)16-10(17)2-1-7-15-16/h1-7H. The van der Waals surface area contributed by atoms with Crippen LogP contribution >= 0.6 is 0 Å². The van der Waals surface area contributed by atoms with Crippen LogP contribution in [0, 0.1) is 0 Å². The molecule has 1 heterocycles. The second-order valence-corrected chi connectivity index (χ2v) is 5.50. The van der Waals surface area contributed by atoms with Gasteiger partial charge in [-0.1, -0.05) is 0 Å². The van der Waals surface area contributed by atoms with E-state index < -0.39 is 32.2 Å². The molecule has 0 saturated carbocycles. The molecule has 1 aromatic carbocycles. The smallest absolute Gasteiger partial charge is 0.267 e. The number of alkyl halides is 3. The zero-order valence-electron chi connectivity index (χ0n) is 9.70. The Bertz CT molecular complexity index is 780. The highest BCUT2D eigenvalue weighted by Crippen LogP contribution is 2.29. The molecule has 0 bridgehead atoms. The van der Waals surface area contributed by atoms with E-state index in [4.69, 9.17) is 0 Å². The topological polar surface area (TPSA) is 69.0 Å². The van der Waals surface area contributed by atoms with Crippen molar-refractivity contribution < 1.29 is 21.6 Å². The van der Waals surface area contributed by atoms with E-state index in [1.165, 1.54) is 6.07 Å². The van der Waals surface area contributed by atoms with Crippen molar-refractivity contribution in [1.29, 1.82) is 0 Å². The summed E-state index contributed by atoms with van der Waals surface area (Å²) < 4.78 is 61.4. The minimum atomic E-state index is -4.57. The van der Waals surface area contributed by atoms with E-state index in [-0.39, 0.29) is 4.09 Å². The molecule has 0 amide bonds. The first-order chi connectivity index (χ1) is 9.23. The Hall–Kier alpha value is -2.16. The zero-order valence-corrected chi connectivity index (χ0v) is 10.5. The number of hydrogen-bond donors (Lipinski definition) is 0. The van der Waals surface area contributed by atoms with Crippen molar-refractivity contribution in [3.63, 3.8) is 0 Å². The van der Waals surface area contributed by atoms with Crippen LogP contribution in [-0.4, -0.2) is 17.6 Å². The van der Waals surface area contributed by atoms with Crippen LogP contribution in [0.1, 0.15) is 5.56 Å². The van der Waals surface area contributed by atoms with Crippen LogP contribution in [0.15, 0.2) is 52.3 Å². The molecule has 0 radical (unpaired) electrons. The summed E-state index contributed by atoms with van der Waals surface area (Å²) >= 11 is 0. The Labute approximate surface area is 111 Å². The Kier molecular flexibility index (Phi) is 3.38. The lowest BCUT2D eigenvalue weighted by molar-refractivity contribution is -0.137. The highest BCUT2D eigenvalue weighted by molar-refractivity contribution is 7.89. The Balaban J connectivity index is 2.52. The fourth-order valence-corrected chi connectivity index (χ4v) is 2.60. The van der Waals surface area contributed by atoms with Gasteiger partial charge in [0, 0.05) is 12.3 Å². The van der Waals surface area contributed by atoms with E-state index >= 15 is 0 Å². The predicted molar refractivity (Wildman–Crippen MR) is 62.5 cm³/mol. The molecule has 0 fully saturated rings. The number of nitrogens with zero attached hydrogens (tertiary/aromatic N) is 2. The summed E-state index contributed by atoms with van der Waals surface area (Å²) in [6.07, 6.45) is -3.48. The summed E-state index contributed by atoms with van der Waals surface area (Å²) in [6, 6.07) is 5.04. The van der Waals surface area contributed by atoms with Crippen molar-refractivity contribution in [3.05, 3.63) is 58.5 Å². The van der Waals surface area contributed by atoms with Crippen LogP contribution in [0.25, 0.3) is 0 Å². The first-order valence-corrected chi connectivity index (χ1v) is 6.64. The summed E-state index contributed by atoms with van der Waals surface area (Å²) in [5, 5.41) is 3.39. The summed E-state index contributed by atoms with van der Waals surface area (Å²) in [5.41, 5.74) is -1.88. The molecule has 0 spiro atoms. The van der Waals surface area contributed by atoms with Crippen molar-refractivity contribution in [1.82, 2.24) is 9.19 Å². The fraction of sp³-hybridized carbons (Fsp3) is 0.0909. The van der Waals surface area contributed by atoms with E-state index in [0.29, 0.717) is 12.1 Å². The van der Waals surface area contributed by atoms with Gasteiger partial charge in [-0.3, -0.25) is 4.79 Å². The lowest BCUT2D eigenvalue weighted by Gasteiger charge is -2.08. The SMILES string of the molecule is O=c1cccnn1S(=O)(=O)c1ccc(C(F)(F)F)cc1. The molecule has 20 heavy (non-hydrogen) atoms. The van der Waals surface area contributed by atoms with E-state index in [2.05, 4.69) is 5.10 Å². The fourth-order valence-electron chi connectivity index (χ4n) is 1.44. The third-order valence-electron chi connectivity index (χ3n) is 2.39. The van der Waals surface area contributed by atoms with Crippen LogP contribution in [0.5, 0.6) is 0 Å². The number of aromatic nitrogens is 2. The monoisotopic (exact) mass is 304 g/mol. The molecule has 0 aliphatic rings. The molecule has 0 N–H and O–H groups in total. The van der Waals surface area contributed by atoms with Crippen molar-refractivity contribution in [2.75, 3.05) is 0 Å². The Morgan fingerprint density at radius 2 is 1.65 bits per heavy atom. The van der Waals surface area contributed by atoms with Crippen LogP contribution in [0.2, 0.25) is 0 Å². The number of halogens is 3. The first-order valence-electron chi connectivity index (χ1n) is 5.20. The molecule has 0 aliphatic heterocycles. The van der Waals surface area contributed by atoms with Crippen LogP contribution in [0.4, 0.5) is 13.2 Å². The van der Waals surface area contributed by atoms with Gasteiger partial charge in [-0.15, -0.1) is 4.09 Å². The molecule has 9 heteroatoms. The van der Waals surface area contributed by atoms with Crippen molar-refractivity contribution >= 4 is 10.0 Å². The van der Waals surface area contributed by atoms with Crippen LogP contribution in [0.3, 0.4) is 0 Å². The lowest BCUT2D eigenvalue weighted by atomic mass is 10.2. The second kappa shape index (κ2) is 4.75. The molecule has 0 unspecified atom stereocenters. The first kappa shape index (κ1) is 14.3. The molecule has 106 valence electrons. The second-order valence-electron chi connectivity index (χ2n) is 3.73. The van der Waals surface area contributed by atoms with Gasteiger partial charge in [-0.2, -0.15) is 26.7 Å². The number of benzene rings is 1. The highest BCUT2D eigenvalue weighted by atomic mass is 32.2. The van der Waals surface area contributed by atoms with Gasteiger partial charge >= 0.3 is 6.18 Å². The van der Waals surface area contributed by atoms with Gasteiger partial charge < -0.3 is 0 Å². The van der Waals surface area contributed by atoms with Crippen molar-refractivity contribution in [2.45, 2.75) is 11.1 Å². The third-order valence-corrected chi connectivity index (χ3v) is 3.99. The molecule has 0 atom stereocenters. The molecule has 2 rings (SSSR count). The zero-order chi connectivity index (χ0) is 15.0.